The predicted octanol–water partition coefficient (Wildman–Crippen LogP) is 3.09. The molecule has 1 aromatic heterocycles. The standard InChI is InChI=1S/C14H17ClN2O/c1-10-3-2-4-12-14(10)17(11-6-8-18-9-11)13(16-12)5-7-15/h2-4,11H,5-9H2,1H3. The Kier molecular flexibility index (Phi) is 3.27. The van der Waals surface area contributed by atoms with Crippen molar-refractivity contribution < 1.29 is 4.74 Å². The fourth-order valence-electron chi connectivity index (χ4n) is 2.75. The van der Waals surface area contributed by atoms with Crippen LogP contribution in [-0.2, 0) is 11.2 Å². The van der Waals surface area contributed by atoms with Crippen LogP contribution >= 0.6 is 11.6 Å². The van der Waals surface area contributed by atoms with Gasteiger partial charge < -0.3 is 9.30 Å². The summed E-state index contributed by atoms with van der Waals surface area (Å²) in [5, 5.41) is 0. The van der Waals surface area contributed by atoms with E-state index in [1.807, 2.05) is 0 Å². The van der Waals surface area contributed by atoms with E-state index in [9.17, 15) is 0 Å². The van der Waals surface area contributed by atoms with E-state index in [-0.39, 0.29) is 0 Å². The Morgan fingerprint density at radius 2 is 2.39 bits per heavy atom. The maximum Gasteiger partial charge on any atom is 0.111 e. The van der Waals surface area contributed by atoms with Gasteiger partial charge in [-0.1, -0.05) is 12.1 Å². The number of aromatic nitrogens is 2. The molecular formula is C14H17ClN2O. The number of hydrogen-bond acceptors (Lipinski definition) is 2. The summed E-state index contributed by atoms with van der Waals surface area (Å²) in [6, 6.07) is 6.69. The van der Waals surface area contributed by atoms with E-state index < -0.39 is 0 Å². The predicted molar refractivity (Wildman–Crippen MR) is 73.4 cm³/mol. The number of fused-ring (bicyclic) bond motifs is 1. The highest BCUT2D eigenvalue weighted by Gasteiger charge is 2.23. The maximum atomic E-state index is 5.90. The minimum absolute atomic E-state index is 0.411. The van der Waals surface area contributed by atoms with Crippen molar-refractivity contribution in [2.24, 2.45) is 0 Å². The first-order valence-electron chi connectivity index (χ1n) is 6.41. The third kappa shape index (κ3) is 1.91. The molecule has 1 saturated heterocycles. The van der Waals surface area contributed by atoms with Gasteiger partial charge in [0.05, 0.1) is 23.7 Å². The van der Waals surface area contributed by atoms with Gasteiger partial charge in [-0.05, 0) is 25.0 Å². The van der Waals surface area contributed by atoms with Crippen LogP contribution in [0.3, 0.4) is 0 Å². The number of rotatable bonds is 3. The lowest BCUT2D eigenvalue weighted by Crippen LogP contribution is -2.13. The Balaban J connectivity index is 2.19. The van der Waals surface area contributed by atoms with E-state index in [4.69, 9.17) is 21.3 Å². The van der Waals surface area contributed by atoms with Crippen molar-refractivity contribution >= 4 is 22.6 Å². The summed E-state index contributed by atoms with van der Waals surface area (Å²) in [5.41, 5.74) is 3.59. The molecule has 1 aliphatic rings. The second kappa shape index (κ2) is 4.90. The molecule has 0 amide bonds. The minimum atomic E-state index is 0.411. The lowest BCUT2D eigenvalue weighted by Gasteiger charge is -2.15. The van der Waals surface area contributed by atoms with Gasteiger partial charge in [0.15, 0.2) is 0 Å². The van der Waals surface area contributed by atoms with Gasteiger partial charge in [-0.15, -0.1) is 11.6 Å². The van der Waals surface area contributed by atoms with Crippen LogP contribution in [-0.4, -0.2) is 28.6 Å². The molecule has 1 aliphatic heterocycles. The minimum Gasteiger partial charge on any atom is -0.379 e. The van der Waals surface area contributed by atoms with Crippen molar-refractivity contribution in [2.75, 3.05) is 19.1 Å². The molecule has 3 rings (SSSR count). The van der Waals surface area contributed by atoms with Crippen molar-refractivity contribution in [3.63, 3.8) is 0 Å². The number of benzene rings is 1. The molecule has 0 radical (unpaired) electrons. The van der Waals surface area contributed by atoms with Crippen LogP contribution < -0.4 is 0 Å². The third-order valence-electron chi connectivity index (χ3n) is 3.57. The average molecular weight is 265 g/mol. The van der Waals surface area contributed by atoms with E-state index >= 15 is 0 Å². The van der Waals surface area contributed by atoms with Gasteiger partial charge in [-0.2, -0.15) is 0 Å². The van der Waals surface area contributed by atoms with E-state index in [0.29, 0.717) is 11.9 Å². The zero-order valence-electron chi connectivity index (χ0n) is 10.5. The van der Waals surface area contributed by atoms with E-state index in [1.165, 1.54) is 11.1 Å². The first kappa shape index (κ1) is 12.0. The second-order valence-corrected chi connectivity index (χ2v) is 5.18. The zero-order valence-corrected chi connectivity index (χ0v) is 11.3. The fraction of sp³-hybridized carbons (Fsp3) is 0.500. The van der Waals surface area contributed by atoms with Gasteiger partial charge in [0.1, 0.15) is 5.82 Å². The highest BCUT2D eigenvalue weighted by molar-refractivity contribution is 6.17. The average Bonchev–Trinajstić information content (AvgIpc) is 2.96. The molecule has 1 fully saturated rings. The molecule has 4 heteroatoms. The van der Waals surface area contributed by atoms with Gasteiger partial charge in [0, 0.05) is 18.9 Å². The summed E-state index contributed by atoms with van der Waals surface area (Å²) in [4.78, 5) is 4.73. The molecule has 0 spiro atoms. The summed E-state index contributed by atoms with van der Waals surface area (Å²) < 4.78 is 7.87. The summed E-state index contributed by atoms with van der Waals surface area (Å²) in [6.45, 7) is 3.77. The van der Waals surface area contributed by atoms with Crippen molar-refractivity contribution in [3.05, 3.63) is 29.6 Å². The smallest absolute Gasteiger partial charge is 0.111 e. The molecule has 18 heavy (non-hydrogen) atoms. The number of aryl methyl sites for hydroxylation is 2. The van der Waals surface area contributed by atoms with Crippen LogP contribution in [0.4, 0.5) is 0 Å². The van der Waals surface area contributed by atoms with Crippen molar-refractivity contribution in [3.8, 4) is 0 Å². The highest BCUT2D eigenvalue weighted by atomic mass is 35.5. The molecule has 0 aliphatic carbocycles. The monoisotopic (exact) mass is 264 g/mol. The van der Waals surface area contributed by atoms with Gasteiger partial charge in [0.2, 0.25) is 0 Å². The van der Waals surface area contributed by atoms with Gasteiger partial charge in [0.25, 0.3) is 0 Å². The maximum absolute atomic E-state index is 5.90. The van der Waals surface area contributed by atoms with Crippen molar-refractivity contribution in [2.45, 2.75) is 25.8 Å². The first-order chi connectivity index (χ1) is 8.81. The van der Waals surface area contributed by atoms with Gasteiger partial charge in [-0.3, -0.25) is 0 Å². The molecule has 0 N–H and O–H groups in total. The summed E-state index contributed by atoms with van der Waals surface area (Å²) in [6.07, 6.45) is 1.88. The summed E-state index contributed by atoms with van der Waals surface area (Å²) in [5.74, 6) is 1.69. The topological polar surface area (TPSA) is 27.1 Å². The molecule has 2 aromatic rings. The van der Waals surface area contributed by atoms with Gasteiger partial charge in [-0.25, -0.2) is 4.98 Å². The van der Waals surface area contributed by atoms with E-state index in [2.05, 4.69) is 29.7 Å². The SMILES string of the molecule is Cc1cccc2nc(CCCl)n(C3CCOC3)c12. The largest absolute Gasteiger partial charge is 0.379 e. The molecule has 0 saturated carbocycles. The Morgan fingerprint density at radius 3 is 3.11 bits per heavy atom. The fourth-order valence-corrected chi connectivity index (χ4v) is 2.92. The Hall–Kier alpha value is -1.06. The molecule has 2 heterocycles. The summed E-state index contributed by atoms with van der Waals surface area (Å²) in [7, 11) is 0. The number of alkyl halides is 1. The highest BCUT2D eigenvalue weighted by Crippen LogP contribution is 2.29. The van der Waals surface area contributed by atoms with Gasteiger partial charge >= 0.3 is 0 Å². The Bertz CT molecular complexity index is 558. The van der Waals surface area contributed by atoms with Crippen LogP contribution in [0.1, 0.15) is 23.9 Å². The lowest BCUT2D eigenvalue weighted by atomic mass is 10.1. The first-order valence-corrected chi connectivity index (χ1v) is 6.95. The number of halogens is 1. The van der Waals surface area contributed by atoms with Crippen LogP contribution in [0, 0.1) is 6.92 Å². The molecule has 1 unspecified atom stereocenters. The Labute approximate surface area is 112 Å². The molecule has 3 nitrogen and oxygen atoms in total. The number of nitrogens with zero attached hydrogens (tertiary/aromatic N) is 2. The van der Waals surface area contributed by atoms with E-state index in [0.717, 1.165) is 37.4 Å². The molecule has 1 aromatic carbocycles. The van der Waals surface area contributed by atoms with Crippen LogP contribution in [0.25, 0.3) is 11.0 Å². The second-order valence-electron chi connectivity index (χ2n) is 4.80. The normalized spacial score (nSPS) is 19.8. The van der Waals surface area contributed by atoms with Crippen molar-refractivity contribution in [1.82, 2.24) is 9.55 Å². The number of para-hydroxylation sites is 1. The zero-order chi connectivity index (χ0) is 12.5. The van der Waals surface area contributed by atoms with Crippen LogP contribution in [0.5, 0.6) is 0 Å². The van der Waals surface area contributed by atoms with Crippen molar-refractivity contribution in [1.29, 1.82) is 0 Å². The number of imidazole rings is 1. The van der Waals surface area contributed by atoms with Crippen LogP contribution in [0.2, 0.25) is 0 Å². The summed E-state index contributed by atoms with van der Waals surface area (Å²) >= 11 is 5.90. The quantitative estimate of drug-likeness (QED) is 0.797. The third-order valence-corrected chi connectivity index (χ3v) is 3.76. The number of hydrogen-bond donors (Lipinski definition) is 0. The number of ether oxygens (including phenoxy) is 1. The molecule has 0 bridgehead atoms. The molecular weight excluding hydrogens is 248 g/mol. The molecule has 1 atom stereocenters. The van der Waals surface area contributed by atoms with Crippen LogP contribution in [0.15, 0.2) is 18.2 Å². The Morgan fingerprint density at radius 1 is 1.50 bits per heavy atom. The lowest BCUT2D eigenvalue weighted by molar-refractivity contribution is 0.186. The molecule has 96 valence electrons. The van der Waals surface area contributed by atoms with E-state index in [1.54, 1.807) is 0 Å².